The normalized spacial score (nSPS) is 20.8. The molecule has 0 aromatic carbocycles. The van der Waals surface area contributed by atoms with Crippen LogP contribution < -0.4 is 5.32 Å². The number of aliphatic hydroxyl groups is 1. The monoisotopic (exact) mass is 213 g/mol. The predicted octanol–water partition coefficient (Wildman–Crippen LogP) is 2.71. The Bertz CT molecular complexity index is 151. The van der Waals surface area contributed by atoms with Gasteiger partial charge in [-0.3, -0.25) is 0 Å². The molecular weight excluding hydrogens is 186 g/mol. The van der Waals surface area contributed by atoms with E-state index in [4.69, 9.17) is 0 Å². The van der Waals surface area contributed by atoms with Crippen LogP contribution in [0.3, 0.4) is 0 Å². The summed E-state index contributed by atoms with van der Waals surface area (Å²) in [5, 5.41) is 13.5. The average molecular weight is 213 g/mol. The van der Waals surface area contributed by atoms with Crippen LogP contribution in [0, 0.1) is 5.92 Å². The van der Waals surface area contributed by atoms with Gasteiger partial charge in [0.1, 0.15) is 0 Å². The third-order valence-corrected chi connectivity index (χ3v) is 3.80. The molecule has 1 rings (SSSR count). The zero-order valence-corrected chi connectivity index (χ0v) is 10.3. The minimum absolute atomic E-state index is 0.120. The Hall–Kier alpha value is -0.0800. The summed E-state index contributed by atoms with van der Waals surface area (Å²) in [4.78, 5) is 0. The molecule has 1 aliphatic carbocycles. The van der Waals surface area contributed by atoms with Crippen LogP contribution >= 0.6 is 0 Å². The zero-order chi connectivity index (χ0) is 11.1. The number of rotatable bonds is 6. The van der Waals surface area contributed by atoms with E-state index in [9.17, 15) is 5.11 Å². The van der Waals surface area contributed by atoms with Crippen LogP contribution in [0.25, 0.3) is 0 Å². The van der Waals surface area contributed by atoms with Gasteiger partial charge < -0.3 is 10.4 Å². The minimum atomic E-state index is -0.120. The molecule has 0 aromatic rings. The maximum atomic E-state index is 10.1. The standard InChI is InChI=1S/C13H27NO/c1-3-12(4-2)14-10-13(15)11-8-6-5-7-9-11/h11-15H,3-10H2,1-2H3. The molecule has 1 unspecified atom stereocenters. The molecule has 0 amide bonds. The summed E-state index contributed by atoms with van der Waals surface area (Å²) in [6.45, 7) is 5.19. The fourth-order valence-electron chi connectivity index (χ4n) is 2.55. The predicted molar refractivity (Wildman–Crippen MR) is 65.0 cm³/mol. The van der Waals surface area contributed by atoms with Gasteiger partial charge in [-0.1, -0.05) is 33.1 Å². The summed E-state index contributed by atoms with van der Waals surface area (Å²) in [7, 11) is 0. The van der Waals surface area contributed by atoms with E-state index in [0.717, 1.165) is 19.4 Å². The van der Waals surface area contributed by atoms with E-state index in [-0.39, 0.29) is 6.10 Å². The Kier molecular flexibility index (Phi) is 6.26. The highest BCUT2D eigenvalue weighted by Crippen LogP contribution is 2.26. The van der Waals surface area contributed by atoms with Crippen molar-refractivity contribution in [1.29, 1.82) is 0 Å². The van der Waals surface area contributed by atoms with Crippen LogP contribution in [0.1, 0.15) is 58.8 Å². The van der Waals surface area contributed by atoms with E-state index in [1.165, 1.54) is 32.1 Å². The Morgan fingerprint density at radius 3 is 2.27 bits per heavy atom. The van der Waals surface area contributed by atoms with Crippen LogP contribution in [0.5, 0.6) is 0 Å². The Balaban J connectivity index is 2.18. The van der Waals surface area contributed by atoms with Gasteiger partial charge in [-0.25, -0.2) is 0 Å². The lowest BCUT2D eigenvalue weighted by Gasteiger charge is -2.28. The van der Waals surface area contributed by atoms with Gasteiger partial charge in [0.2, 0.25) is 0 Å². The molecule has 1 atom stereocenters. The van der Waals surface area contributed by atoms with Crippen molar-refractivity contribution in [3.8, 4) is 0 Å². The van der Waals surface area contributed by atoms with E-state index in [1.807, 2.05) is 0 Å². The van der Waals surface area contributed by atoms with Crippen molar-refractivity contribution < 1.29 is 5.11 Å². The topological polar surface area (TPSA) is 32.3 Å². The molecule has 0 aromatic heterocycles. The van der Waals surface area contributed by atoms with Crippen LogP contribution in [0.2, 0.25) is 0 Å². The Morgan fingerprint density at radius 1 is 1.13 bits per heavy atom. The number of hydrogen-bond acceptors (Lipinski definition) is 2. The van der Waals surface area contributed by atoms with Gasteiger partial charge in [0.15, 0.2) is 0 Å². The maximum Gasteiger partial charge on any atom is 0.0692 e. The van der Waals surface area contributed by atoms with E-state index in [0.29, 0.717) is 12.0 Å². The molecule has 0 radical (unpaired) electrons. The molecular formula is C13H27NO. The molecule has 0 spiro atoms. The van der Waals surface area contributed by atoms with Gasteiger partial charge in [0.25, 0.3) is 0 Å². The minimum Gasteiger partial charge on any atom is -0.392 e. The van der Waals surface area contributed by atoms with Crippen molar-refractivity contribution in [2.75, 3.05) is 6.54 Å². The molecule has 2 N–H and O–H groups in total. The van der Waals surface area contributed by atoms with Gasteiger partial charge in [-0.05, 0) is 31.6 Å². The first-order valence-electron chi connectivity index (χ1n) is 6.69. The molecule has 90 valence electrons. The Labute approximate surface area is 94.5 Å². The fourth-order valence-corrected chi connectivity index (χ4v) is 2.55. The van der Waals surface area contributed by atoms with Crippen LogP contribution in [0.4, 0.5) is 0 Å². The van der Waals surface area contributed by atoms with Crippen molar-refractivity contribution in [1.82, 2.24) is 5.32 Å². The molecule has 2 nitrogen and oxygen atoms in total. The summed E-state index contributed by atoms with van der Waals surface area (Å²) in [5.41, 5.74) is 0. The van der Waals surface area contributed by atoms with Gasteiger partial charge >= 0.3 is 0 Å². The summed E-state index contributed by atoms with van der Waals surface area (Å²) in [6, 6.07) is 0.586. The second kappa shape index (κ2) is 7.24. The van der Waals surface area contributed by atoms with Crippen molar-refractivity contribution in [3.05, 3.63) is 0 Å². The molecule has 2 heteroatoms. The SMILES string of the molecule is CCC(CC)NCC(O)C1CCCCC1. The highest BCUT2D eigenvalue weighted by Gasteiger charge is 2.21. The lowest BCUT2D eigenvalue weighted by Crippen LogP contribution is -2.38. The van der Waals surface area contributed by atoms with Crippen molar-refractivity contribution in [3.63, 3.8) is 0 Å². The van der Waals surface area contributed by atoms with Crippen molar-refractivity contribution in [2.45, 2.75) is 70.9 Å². The molecule has 0 heterocycles. The smallest absolute Gasteiger partial charge is 0.0692 e. The second-order valence-electron chi connectivity index (χ2n) is 4.89. The average Bonchev–Trinajstić information content (AvgIpc) is 2.31. The molecule has 1 saturated carbocycles. The maximum absolute atomic E-state index is 10.1. The van der Waals surface area contributed by atoms with Gasteiger partial charge in [-0.2, -0.15) is 0 Å². The highest BCUT2D eigenvalue weighted by molar-refractivity contribution is 4.76. The Morgan fingerprint density at radius 2 is 1.73 bits per heavy atom. The number of nitrogens with one attached hydrogen (secondary N) is 1. The first-order valence-corrected chi connectivity index (χ1v) is 6.69. The molecule has 1 aliphatic rings. The molecule has 0 saturated heterocycles. The number of aliphatic hydroxyl groups excluding tert-OH is 1. The van der Waals surface area contributed by atoms with Crippen LogP contribution in [-0.4, -0.2) is 23.8 Å². The number of hydrogen-bond donors (Lipinski definition) is 2. The summed E-state index contributed by atoms with van der Waals surface area (Å²) in [5.74, 6) is 0.556. The zero-order valence-electron chi connectivity index (χ0n) is 10.3. The molecule has 0 bridgehead atoms. The first-order chi connectivity index (χ1) is 7.27. The molecule has 0 aliphatic heterocycles. The van der Waals surface area contributed by atoms with Crippen LogP contribution in [0.15, 0.2) is 0 Å². The van der Waals surface area contributed by atoms with Crippen molar-refractivity contribution in [2.24, 2.45) is 5.92 Å². The van der Waals surface area contributed by atoms with Crippen molar-refractivity contribution >= 4 is 0 Å². The first kappa shape index (κ1) is 13.0. The quantitative estimate of drug-likeness (QED) is 0.711. The largest absolute Gasteiger partial charge is 0.392 e. The van der Waals surface area contributed by atoms with E-state index in [1.54, 1.807) is 0 Å². The van der Waals surface area contributed by atoms with Gasteiger partial charge in [0, 0.05) is 12.6 Å². The third kappa shape index (κ3) is 4.52. The van der Waals surface area contributed by atoms with E-state index in [2.05, 4.69) is 19.2 Å². The van der Waals surface area contributed by atoms with Gasteiger partial charge in [0.05, 0.1) is 6.10 Å². The summed E-state index contributed by atoms with van der Waals surface area (Å²) < 4.78 is 0. The third-order valence-electron chi connectivity index (χ3n) is 3.80. The lowest BCUT2D eigenvalue weighted by molar-refractivity contribution is 0.0811. The van der Waals surface area contributed by atoms with E-state index < -0.39 is 0 Å². The second-order valence-corrected chi connectivity index (χ2v) is 4.89. The molecule has 1 fully saturated rings. The highest BCUT2D eigenvalue weighted by atomic mass is 16.3. The van der Waals surface area contributed by atoms with Gasteiger partial charge in [-0.15, -0.1) is 0 Å². The fraction of sp³-hybridized carbons (Fsp3) is 1.00. The summed E-state index contributed by atoms with van der Waals surface area (Å²) >= 11 is 0. The molecule has 15 heavy (non-hydrogen) atoms. The lowest BCUT2D eigenvalue weighted by atomic mass is 9.85. The van der Waals surface area contributed by atoms with Crippen LogP contribution in [-0.2, 0) is 0 Å². The van der Waals surface area contributed by atoms with E-state index >= 15 is 0 Å². The summed E-state index contributed by atoms with van der Waals surface area (Å²) in [6.07, 6.45) is 8.65.